The third-order valence-electron chi connectivity index (χ3n) is 3.09. The summed E-state index contributed by atoms with van der Waals surface area (Å²) in [6.07, 6.45) is 2.37. The van der Waals surface area contributed by atoms with Crippen LogP contribution in [0.2, 0.25) is 0 Å². The third kappa shape index (κ3) is 7.33. The van der Waals surface area contributed by atoms with Crippen molar-refractivity contribution in [3.8, 4) is 0 Å². The fourth-order valence-electron chi connectivity index (χ4n) is 2.03. The first-order valence-corrected chi connectivity index (χ1v) is 8.54. The highest BCUT2D eigenvalue weighted by Crippen LogP contribution is 2.12. The fourth-order valence-corrected chi connectivity index (χ4v) is 2.79. The van der Waals surface area contributed by atoms with Crippen molar-refractivity contribution in [1.29, 1.82) is 0 Å². The van der Waals surface area contributed by atoms with Gasteiger partial charge in [-0.1, -0.05) is 13.8 Å². The van der Waals surface area contributed by atoms with E-state index < -0.39 is 0 Å². The van der Waals surface area contributed by atoms with Gasteiger partial charge in [0.1, 0.15) is 5.01 Å². The largest absolute Gasteiger partial charge is 0.310 e. The van der Waals surface area contributed by atoms with E-state index in [-0.39, 0.29) is 0 Å². The Bertz CT molecular complexity index is 351. The molecule has 1 aromatic rings. The molecule has 0 aromatic carbocycles. The lowest BCUT2D eigenvalue weighted by Gasteiger charge is -2.22. The van der Waals surface area contributed by atoms with Crippen molar-refractivity contribution in [2.45, 2.75) is 39.8 Å². The zero-order valence-electron chi connectivity index (χ0n) is 13.5. The molecule has 4 nitrogen and oxygen atoms in total. The lowest BCUT2D eigenvalue weighted by atomic mass is 10.3. The van der Waals surface area contributed by atoms with Gasteiger partial charge in [0.2, 0.25) is 0 Å². The van der Waals surface area contributed by atoms with E-state index in [1.54, 1.807) is 11.3 Å². The summed E-state index contributed by atoms with van der Waals surface area (Å²) in [4.78, 5) is 9.47. The molecule has 0 aliphatic rings. The van der Waals surface area contributed by atoms with Crippen LogP contribution >= 0.6 is 11.3 Å². The Hall–Kier alpha value is -0.490. The van der Waals surface area contributed by atoms with E-state index in [1.807, 2.05) is 0 Å². The number of hydrogen-bond acceptors (Lipinski definition) is 5. The molecule has 1 aromatic heterocycles. The SMILES string of the molecule is CCCNCc1nc(CN(CCC)CCN(C)C)cs1. The molecule has 0 radical (unpaired) electrons. The normalized spacial score (nSPS) is 11.7. The number of hydrogen-bond donors (Lipinski definition) is 1. The van der Waals surface area contributed by atoms with E-state index in [9.17, 15) is 0 Å². The van der Waals surface area contributed by atoms with Gasteiger partial charge in [-0.25, -0.2) is 4.98 Å². The van der Waals surface area contributed by atoms with Gasteiger partial charge in [0, 0.05) is 31.6 Å². The maximum Gasteiger partial charge on any atom is 0.107 e. The molecule has 1 N–H and O–H groups in total. The van der Waals surface area contributed by atoms with Crippen LogP contribution in [0.5, 0.6) is 0 Å². The van der Waals surface area contributed by atoms with Crippen molar-refractivity contribution >= 4 is 11.3 Å². The summed E-state index contributed by atoms with van der Waals surface area (Å²) in [6, 6.07) is 0. The summed E-state index contributed by atoms with van der Waals surface area (Å²) in [5, 5.41) is 6.83. The fraction of sp³-hybridized carbons (Fsp3) is 0.800. The first-order chi connectivity index (χ1) is 9.65. The van der Waals surface area contributed by atoms with Crippen LogP contribution in [0.3, 0.4) is 0 Å². The van der Waals surface area contributed by atoms with E-state index in [4.69, 9.17) is 4.98 Å². The monoisotopic (exact) mass is 298 g/mol. The zero-order chi connectivity index (χ0) is 14.8. The van der Waals surface area contributed by atoms with Crippen molar-refractivity contribution in [3.05, 3.63) is 16.1 Å². The van der Waals surface area contributed by atoms with Gasteiger partial charge in [0.15, 0.2) is 0 Å². The number of thiazole rings is 1. The Labute approximate surface area is 128 Å². The van der Waals surface area contributed by atoms with Gasteiger partial charge in [0.25, 0.3) is 0 Å². The molecule has 0 spiro atoms. The minimum Gasteiger partial charge on any atom is -0.310 e. The quantitative estimate of drug-likeness (QED) is 0.636. The van der Waals surface area contributed by atoms with Gasteiger partial charge in [-0.2, -0.15) is 0 Å². The molecular weight excluding hydrogens is 268 g/mol. The number of rotatable bonds is 11. The van der Waals surface area contributed by atoms with Gasteiger partial charge in [-0.15, -0.1) is 11.3 Å². The Balaban J connectivity index is 2.42. The Morgan fingerprint density at radius 3 is 2.60 bits per heavy atom. The first kappa shape index (κ1) is 17.6. The molecule has 20 heavy (non-hydrogen) atoms. The molecule has 0 saturated heterocycles. The van der Waals surface area contributed by atoms with E-state index in [0.29, 0.717) is 0 Å². The zero-order valence-corrected chi connectivity index (χ0v) is 14.3. The average molecular weight is 298 g/mol. The molecule has 0 aliphatic heterocycles. The second kappa shape index (κ2) is 10.3. The van der Waals surface area contributed by atoms with Crippen LogP contribution in [-0.4, -0.2) is 55.1 Å². The summed E-state index contributed by atoms with van der Waals surface area (Å²) >= 11 is 1.77. The Morgan fingerprint density at radius 1 is 1.15 bits per heavy atom. The molecule has 0 amide bonds. The lowest BCUT2D eigenvalue weighted by Crippen LogP contribution is -2.32. The minimum atomic E-state index is 0.907. The third-order valence-corrected chi connectivity index (χ3v) is 3.99. The van der Waals surface area contributed by atoms with Crippen LogP contribution in [0, 0.1) is 0 Å². The number of nitrogens with one attached hydrogen (secondary N) is 1. The number of aromatic nitrogens is 1. The summed E-state index contributed by atoms with van der Waals surface area (Å²) in [5.74, 6) is 0. The van der Waals surface area contributed by atoms with Crippen LogP contribution in [0.15, 0.2) is 5.38 Å². The van der Waals surface area contributed by atoms with Crippen molar-refractivity contribution in [3.63, 3.8) is 0 Å². The highest BCUT2D eigenvalue weighted by Gasteiger charge is 2.08. The molecule has 1 heterocycles. The molecule has 0 atom stereocenters. The predicted molar refractivity (Wildman–Crippen MR) is 88.2 cm³/mol. The van der Waals surface area contributed by atoms with Crippen molar-refractivity contribution in [2.75, 3.05) is 40.3 Å². The highest BCUT2D eigenvalue weighted by molar-refractivity contribution is 7.09. The van der Waals surface area contributed by atoms with Crippen molar-refractivity contribution in [1.82, 2.24) is 20.1 Å². The molecule has 0 aliphatic carbocycles. The van der Waals surface area contributed by atoms with Gasteiger partial charge in [0.05, 0.1) is 5.69 Å². The maximum absolute atomic E-state index is 4.73. The number of likely N-dealkylation sites (N-methyl/N-ethyl adjacent to an activating group) is 1. The van der Waals surface area contributed by atoms with E-state index in [0.717, 1.165) is 39.3 Å². The van der Waals surface area contributed by atoms with Crippen LogP contribution < -0.4 is 5.32 Å². The molecule has 116 valence electrons. The van der Waals surface area contributed by atoms with Crippen LogP contribution in [0.25, 0.3) is 0 Å². The molecule has 0 saturated carbocycles. The van der Waals surface area contributed by atoms with Gasteiger partial charge in [-0.3, -0.25) is 4.90 Å². The Kier molecular flexibility index (Phi) is 9.02. The van der Waals surface area contributed by atoms with Crippen LogP contribution in [0.4, 0.5) is 0 Å². The topological polar surface area (TPSA) is 31.4 Å². The average Bonchev–Trinajstić information content (AvgIpc) is 2.84. The maximum atomic E-state index is 4.73. The van der Waals surface area contributed by atoms with E-state index >= 15 is 0 Å². The van der Waals surface area contributed by atoms with Gasteiger partial charge in [-0.05, 0) is 40.0 Å². The summed E-state index contributed by atoms with van der Waals surface area (Å²) in [7, 11) is 4.26. The molecule has 0 fully saturated rings. The van der Waals surface area contributed by atoms with Crippen molar-refractivity contribution in [2.24, 2.45) is 0 Å². The van der Waals surface area contributed by atoms with Crippen LogP contribution in [0.1, 0.15) is 37.4 Å². The molecule has 1 rings (SSSR count). The number of nitrogens with zero attached hydrogens (tertiary/aromatic N) is 3. The molecule has 0 unspecified atom stereocenters. The van der Waals surface area contributed by atoms with Crippen LogP contribution in [-0.2, 0) is 13.1 Å². The summed E-state index contributed by atoms with van der Waals surface area (Å²) in [6.45, 7) is 10.7. The lowest BCUT2D eigenvalue weighted by molar-refractivity contribution is 0.232. The Morgan fingerprint density at radius 2 is 1.95 bits per heavy atom. The summed E-state index contributed by atoms with van der Waals surface area (Å²) < 4.78 is 0. The van der Waals surface area contributed by atoms with Gasteiger partial charge >= 0.3 is 0 Å². The first-order valence-electron chi connectivity index (χ1n) is 7.66. The van der Waals surface area contributed by atoms with Crippen molar-refractivity contribution < 1.29 is 0 Å². The van der Waals surface area contributed by atoms with Gasteiger partial charge < -0.3 is 10.2 Å². The summed E-state index contributed by atoms with van der Waals surface area (Å²) in [5.41, 5.74) is 1.22. The molecule has 5 heteroatoms. The highest BCUT2D eigenvalue weighted by atomic mass is 32.1. The molecule has 0 bridgehead atoms. The second-order valence-corrected chi connectivity index (χ2v) is 6.43. The predicted octanol–water partition coefficient (Wildman–Crippen LogP) is 2.42. The van der Waals surface area contributed by atoms with E-state index in [1.165, 1.54) is 23.5 Å². The van der Waals surface area contributed by atoms with E-state index in [2.05, 4.69) is 48.4 Å². The minimum absolute atomic E-state index is 0.907. The smallest absolute Gasteiger partial charge is 0.107 e. The standard InChI is InChI=1S/C15H30N4S/c1-5-7-16-11-15-17-14(13-20-15)12-19(8-6-2)10-9-18(3)4/h13,16H,5-12H2,1-4H3. The molecular formula is C15H30N4S. The second-order valence-electron chi connectivity index (χ2n) is 5.49.